The van der Waals surface area contributed by atoms with Gasteiger partial charge in [-0.05, 0) is 60.7 Å². The van der Waals surface area contributed by atoms with Gasteiger partial charge in [0.15, 0.2) is 0 Å². The Morgan fingerprint density at radius 1 is 1.05 bits per heavy atom. The maximum atomic E-state index is 6.35. The molecule has 0 aromatic heterocycles. The molecule has 0 saturated carbocycles. The van der Waals surface area contributed by atoms with E-state index in [0.29, 0.717) is 12.0 Å². The second-order valence-electron chi connectivity index (χ2n) is 7.11. The Balaban J connectivity index is 2.81. The third-order valence-electron chi connectivity index (χ3n) is 4.30. The Kier molecular flexibility index (Phi) is 5.84. The fourth-order valence-electron chi connectivity index (χ4n) is 3.52. The third kappa shape index (κ3) is 4.17. The van der Waals surface area contributed by atoms with Crippen LogP contribution >= 0.6 is 0 Å². The Morgan fingerprint density at radius 2 is 1.68 bits per heavy atom. The van der Waals surface area contributed by atoms with Gasteiger partial charge in [0.05, 0.1) is 11.2 Å². The zero-order valence-electron chi connectivity index (χ0n) is 14.0. The largest absolute Gasteiger partial charge is 0.368 e. The summed E-state index contributed by atoms with van der Waals surface area (Å²) in [6.07, 6.45) is 2.38. The van der Waals surface area contributed by atoms with E-state index in [1.165, 1.54) is 12.8 Å². The second-order valence-corrected chi connectivity index (χ2v) is 7.11. The molecule has 1 aliphatic heterocycles. The van der Waals surface area contributed by atoms with Crippen LogP contribution in [-0.4, -0.2) is 48.8 Å². The van der Waals surface area contributed by atoms with Gasteiger partial charge < -0.3 is 15.0 Å². The lowest BCUT2D eigenvalue weighted by atomic mass is 9.82. The van der Waals surface area contributed by atoms with Gasteiger partial charge >= 0.3 is 0 Å². The molecule has 0 aromatic carbocycles. The first-order valence-corrected chi connectivity index (χ1v) is 7.86. The second kappa shape index (κ2) is 6.55. The average Bonchev–Trinajstić information content (AvgIpc) is 2.42. The van der Waals surface area contributed by atoms with Crippen LogP contribution in [0.25, 0.3) is 0 Å². The average molecular weight is 270 g/mol. The summed E-state index contributed by atoms with van der Waals surface area (Å²) in [5.74, 6) is 0.533. The minimum atomic E-state index is -0.0869. The van der Waals surface area contributed by atoms with Crippen molar-refractivity contribution in [1.29, 1.82) is 0 Å². The van der Waals surface area contributed by atoms with Crippen LogP contribution in [0, 0.1) is 5.92 Å². The van der Waals surface area contributed by atoms with Crippen molar-refractivity contribution in [2.75, 3.05) is 26.7 Å². The van der Waals surface area contributed by atoms with Gasteiger partial charge in [0.2, 0.25) is 0 Å². The van der Waals surface area contributed by atoms with E-state index >= 15 is 0 Å². The van der Waals surface area contributed by atoms with Crippen molar-refractivity contribution in [2.24, 2.45) is 5.92 Å². The van der Waals surface area contributed by atoms with Crippen molar-refractivity contribution >= 4 is 0 Å². The van der Waals surface area contributed by atoms with Gasteiger partial charge in [-0.2, -0.15) is 0 Å². The Morgan fingerprint density at radius 3 is 2.21 bits per heavy atom. The molecule has 1 heterocycles. The van der Waals surface area contributed by atoms with E-state index in [0.717, 1.165) is 19.6 Å². The smallest absolute Gasteiger partial charge is 0.0790 e. The van der Waals surface area contributed by atoms with Gasteiger partial charge in [-0.15, -0.1) is 0 Å². The minimum absolute atomic E-state index is 0.0586. The highest BCUT2D eigenvalue weighted by molar-refractivity contribution is 5.06. The van der Waals surface area contributed by atoms with Gasteiger partial charge in [-0.3, -0.25) is 0 Å². The van der Waals surface area contributed by atoms with Crippen LogP contribution in [0.15, 0.2) is 0 Å². The molecule has 1 rings (SSSR count). The van der Waals surface area contributed by atoms with Gasteiger partial charge in [-0.25, -0.2) is 0 Å². The van der Waals surface area contributed by atoms with E-state index in [1.807, 2.05) is 0 Å². The highest BCUT2D eigenvalue weighted by Crippen LogP contribution is 2.42. The first-order valence-electron chi connectivity index (χ1n) is 7.86. The van der Waals surface area contributed by atoms with Crippen LogP contribution in [0.1, 0.15) is 54.4 Å². The molecule has 1 saturated heterocycles. The molecule has 0 aliphatic carbocycles. The number of nitrogens with one attached hydrogen (secondary N) is 1. The highest BCUT2D eigenvalue weighted by Gasteiger charge is 2.53. The highest BCUT2D eigenvalue weighted by atomic mass is 16.5. The molecular formula is C16H34N2O. The summed E-state index contributed by atoms with van der Waals surface area (Å²) < 4.78 is 6.35. The fourth-order valence-corrected chi connectivity index (χ4v) is 3.52. The van der Waals surface area contributed by atoms with E-state index in [-0.39, 0.29) is 11.2 Å². The predicted molar refractivity (Wildman–Crippen MR) is 82.6 cm³/mol. The molecule has 0 bridgehead atoms. The summed E-state index contributed by atoms with van der Waals surface area (Å²) in [6, 6.07) is 0.432. The van der Waals surface area contributed by atoms with E-state index in [1.54, 1.807) is 0 Å². The van der Waals surface area contributed by atoms with Gasteiger partial charge in [0.25, 0.3) is 0 Å². The standard InChI is InChI=1S/C16H34N2O/c1-8-10-17-14-13(12-18(7)11-9-2)15(3,4)19-16(14,5)6/h13-14,17H,8-12H2,1-7H3. The zero-order chi connectivity index (χ0) is 14.7. The molecule has 19 heavy (non-hydrogen) atoms. The number of ether oxygens (including phenoxy) is 1. The first-order chi connectivity index (χ1) is 8.74. The van der Waals surface area contributed by atoms with E-state index in [9.17, 15) is 0 Å². The summed E-state index contributed by atoms with van der Waals surface area (Å²) in [7, 11) is 2.22. The first kappa shape index (κ1) is 16.9. The van der Waals surface area contributed by atoms with Crippen LogP contribution < -0.4 is 5.32 Å². The van der Waals surface area contributed by atoms with Crippen molar-refractivity contribution in [3.8, 4) is 0 Å². The molecule has 1 N–H and O–H groups in total. The monoisotopic (exact) mass is 270 g/mol. The predicted octanol–water partition coefficient (Wildman–Crippen LogP) is 2.90. The third-order valence-corrected chi connectivity index (χ3v) is 4.30. The molecule has 0 spiro atoms. The van der Waals surface area contributed by atoms with Crippen molar-refractivity contribution in [1.82, 2.24) is 10.2 Å². The van der Waals surface area contributed by atoms with Crippen molar-refractivity contribution < 1.29 is 4.74 Å². The summed E-state index contributed by atoms with van der Waals surface area (Å²) in [5, 5.41) is 3.72. The normalized spacial score (nSPS) is 29.1. The molecule has 114 valence electrons. The van der Waals surface area contributed by atoms with Crippen molar-refractivity contribution in [3.05, 3.63) is 0 Å². The molecule has 1 aliphatic rings. The number of rotatable bonds is 7. The number of nitrogens with zero attached hydrogens (tertiary/aromatic N) is 1. The number of hydrogen-bond acceptors (Lipinski definition) is 3. The fraction of sp³-hybridized carbons (Fsp3) is 1.00. The molecule has 0 radical (unpaired) electrons. The minimum Gasteiger partial charge on any atom is -0.368 e. The molecule has 3 nitrogen and oxygen atoms in total. The molecule has 1 fully saturated rings. The molecule has 0 aromatic rings. The quantitative estimate of drug-likeness (QED) is 0.770. The Labute approximate surface area is 120 Å². The number of hydrogen-bond donors (Lipinski definition) is 1. The van der Waals surface area contributed by atoms with Crippen LogP contribution in [-0.2, 0) is 4.74 Å². The molecule has 2 atom stereocenters. The van der Waals surface area contributed by atoms with E-state index in [4.69, 9.17) is 4.74 Å². The summed E-state index contributed by atoms with van der Waals surface area (Å²) in [6.45, 7) is 16.7. The topological polar surface area (TPSA) is 24.5 Å². The Bertz CT molecular complexity index is 276. The summed E-state index contributed by atoms with van der Waals surface area (Å²) in [4.78, 5) is 2.44. The molecule has 2 unspecified atom stereocenters. The summed E-state index contributed by atoms with van der Waals surface area (Å²) in [5.41, 5.74) is -0.146. The van der Waals surface area contributed by atoms with E-state index < -0.39 is 0 Å². The van der Waals surface area contributed by atoms with Crippen LogP contribution in [0.2, 0.25) is 0 Å². The maximum absolute atomic E-state index is 6.35. The molecular weight excluding hydrogens is 236 g/mol. The van der Waals surface area contributed by atoms with E-state index in [2.05, 4.69) is 58.8 Å². The van der Waals surface area contributed by atoms with Gasteiger partial charge in [0.1, 0.15) is 0 Å². The molecule has 3 heteroatoms. The lowest BCUT2D eigenvalue weighted by molar-refractivity contribution is -0.0792. The maximum Gasteiger partial charge on any atom is 0.0790 e. The summed E-state index contributed by atoms with van der Waals surface area (Å²) >= 11 is 0. The van der Waals surface area contributed by atoms with Gasteiger partial charge in [0, 0.05) is 18.5 Å². The van der Waals surface area contributed by atoms with Gasteiger partial charge in [-0.1, -0.05) is 13.8 Å². The SMILES string of the molecule is CCCNC1C(CN(C)CCC)C(C)(C)OC1(C)C. The molecule has 0 amide bonds. The zero-order valence-corrected chi connectivity index (χ0v) is 14.0. The Hall–Kier alpha value is -0.120. The van der Waals surface area contributed by atoms with Crippen LogP contribution in [0.5, 0.6) is 0 Å². The lowest BCUT2D eigenvalue weighted by Gasteiger charge is -2.33. The lowest BCUT2D eigenvalue weighted by Crippen LogP contribution is -2.50. The van der Waals surface area contributed by atoms with Crippen molar-refractivity contribution in [2.45, 2.75) is 71.6 Å². The van der Waals surface area contributed by atoms with Crippen LogP contribution in [0.3, 0.4) is 0 Å². The van der Waals surface area contributed by atoms with Crippen LogP contribution in [0.4, 0.5) is 0 Å². The van der Waals surface area contributed by atoms with Crippen molar-refractivity contribution in [3.63, 3.8) is 0 Å².